The molecule has 3 nitrogen and oxygen atoms in total. The van der Waals surface area contributed by atoms with Gasteiger partial charge in [0.1, 0.15) is 0 Å². The minimum atomic E-state index is -1.13. The molecule has 0 atom stereocenters. The molecule has 0 aliphatic heterocycles. The van der Waals surface area contributed by atoms with E-state index in [2.05, 4.69) is 15.9 Å². The summed E-state index contributed by atoms with van der Waals surface area (Å²) in [5.74, 6) is -1.48. The van der Waals surface area contributed by atoms with Gasteiger partial charge in [0.15, 0.2) is 5.78 Å². The van der Waals surface area contributed by atoms with Crippen LogP contribution in [0.4, 0.5) is 0 Å². The second-order valence-corrected chi connectivity index (χ2v) is 5.07. The van der Waals surface area contributed by atoms with Crippen molar-refractivity contribution in [2.45, 2.75) is 0 Å². The van der Waals surface area contributed by atoms with Crippen LogP contribution in [0.2, 0.25) is 5.02 Å². The van der Waals surface area contributed by atoms with E-state index in [0.717, 1.165) is 0 Å². The van der Waals surface area contributed by atoms with Gasteiger partial charge in [-0.15, -0.1) is 0 Å². The van der Waals surface area contributed by atoms with Gasteiger partial charge in [0.25, 0.3) is 0 Å². The average Bonchev–Trinajstić information content (AvgIpc) is 2.41. The van der Waals surface area contributed by atoms with Crippen LogP contribution >= 0.6 is 27.5 Å². The molecule has 0 saturated carbocycles. The summed E-state index contributed by atoms with van der Waals surface area (Å²) in [5.41, 5.74) is 0.521. The monoisotopic (exact) mass is 338 g/mol. The highest BCUT2D eigenvalue weighted by atomic mass is 79.9. The van der Waals surface area contributed by atoms with Crippen LogP contribution in [0, 0.1) is 0 Å². The third-order valence-corrected chi connectivity index (χ3v) is 3.80. The minimum Gasteiger partial charge on any atom is -0.478 e. The molecule has 19 heavy (non-hydrogen) atoms. The minimum absolute atomic E-state index is 0.0152. The molecule has 2 aromatic carbocycles. The van der Waals surface area contributed by atoms with Gasteiger partial charge in [0.05, 0.1) is 10.6 Å². The smallest absolute Gasteiger partial charge is 0.336 e. The lowest BCUT2D eigenvalue weighted by molar-refractivity contribution is 0.0693. The van der Waals surface area contributed by atoms with E-state index in [0.29, 0.717) is 15.1 Å². The van der Waals surface area contributed by atoms with Gasteiger partial charge in [-0.2, -0.15) is 0 Å². The van der Waals surface area contributed by atoms with Gasteiger partial charge in [0.2, 0.25) is 0 Å². The summed E-state index contributed by atoms with van der Waals surface area (Å²) in [6, 6.07) is 10.8. The van der Waals surface area contributed by atoms with E-state index in [1.54, 1.807) is 30.3 Å². The van der Waals surface area contributed by atoms with E-state index in [9.17, 15) is 9.59 Å². The second-order valence-electron chi connectivity index (χ2n) is 3.81. The van der Waals surface area contributed by atoms with Gasteiger partial charge < -0.3 is 5.11 Å². The van der Waals surface area contributed by atoms with E-state index in [4.69, 9.17) is 16.7 Å². The molecule has 0 fully saturated rings. The number of ketones is 1. The molecule has 0 aliphatic rings. The first-order chi connectivity index (χ1) is 9.00. The fourth-order valence-electron chi connectivity index (χ4n) is 1.66. The average molecular weight is 340 g/mol. The Hall–Kier alpha value is -1.65. The normalized spacial score (nSPS) is 10.2. The predicted octanol–water partition coefficient (Wildman–Crippen LogP) is 4.03. The standard InChI is InChI=1S/C14H8BrClO3/c15-11-7-8(5-6-12(11)16)13(17)9-3-1-2-4-10(9)14(18)19/h1-7H,(H,18,19). The number of carboxylic acids is 1. The van der Waals surface area contributed by atoms with Crippen LogP contribution in [-0.2, 0) is 0 Å². The zero-order valence-electron chi connectivity index (χ0n) is 9.56. The van der Waals surface area contributed by atoms with Crippen LogP contribution < -0.4 is 0 Å². The second kappa shape index (κ2) is 5.55. The third kappa shape index (κ3) is 2.85. The molecular formula is C14H8BrClO3. The fourth-order valence-corrected chi connectivity index (χ4v) is 2.16. The topological polar surface area (TPSA) is 54.4 Å². The lowest BCUT2D eigenvalue weighted by Crippen LogP contribution is -2.09. The third-order valence-electron chi connectivity index (χ3n) is 2.58. The van der Waals surface area contributed by atoms with Crippen molar-refractivity contribution >= 4 is 39.3 Å². The van der Waals surface area contributed by atoms with Crippen molar-refractivity contribution in [1.29, 1.82) is 0 Å². The molecule has 0 unspecified atom stereocenters. The highest BCUT2D eigenvalue weighted by Gasteiger charge is 2.17. The molecule has 0 spiro atoms. The van der Waals surface area contributed by atoms with E-state index >= 15 is 0 Å². The quantitative estimate of drug-likeness (QED) is 0.859. The van der Waals surface area contributed by atoms with Gasteiger partial charge in [-0.05, 0) is 40.2 Å². The van der Waals surface area contributed by atoms with Crippen molar-refractivity contribution in [3.05, 3.63) is 68.7 Å². The molecule has 0 aromatic heterocycles. The SMILES string of the molecule is O=C(O)c1ccccc1C(=O)c1ccc(Cl)c(Br)c1. The number of halogens is 2. The molecule has 0 radical (unpaired) electrons. The summed E-state index contributed by atoms with van der Waals surface area (Å²) in [7, 11) is 0. The number of rotatable bonds is 3. The summed E-state index contributed by atoms with van der Waals surface area (Å²) in [6.45, 7) is 0. The van der Waals surface area contributed by atoms with Crippen molar-refractivity contribution in [2.75, 3.05) is 0 Å². The van der Waals surface area contributed by atoms with Crippen molar-refractivity contribution in [1.82, 2.24) is 0 Å². The van der Waals surface area contributed by atoms with E-state index in [-0.39, 0.29) is 16.9 Å². The molecule has 0 bridgehead atoms. The summed E-state index contributed by atoms with van der Waals surface area (Å²) >= 11 is 9.09. The van der Waals surface area contributed by atoms with Crippen molar-refractivity contribution in [2.24, 2.45) is 0 Å². The largest absolute Gasteiger partial charge is 0.478 e. The fraction of sp³-hybridized carbons (Fsp3) is 0. The van der Waals surface area contributed by atoms with Crippen molar-refractivity contribution in [3.63, 3.8) is 0 Å². The Balaban J connectivity index is 2.50. The van der Waals surface area contributed by atoms with Gasteiger partial charge in [-0.1, -0.05) is 29.8 Å². The molecule has 1 N–H and O–H groups in total. The number of benzene rings is 2. The molecule has 0 heterocycles. The Labute approximate surface area is 123 Å². The number of carbonyl (C=O) groups is 2. The maximum Gasteiger partial charge on any atom is 0.336 e. The van der Waals surface area contributed by atoms with E-state index in [1.165, 1.54) is 12.1 Å². The molecule has 0 saturated heterocycles. The summed E-state index contributed by atoms with van der Waals surface area (Å²) in [6.07, 6.45) is 0. The molecule has 2 rings (SSSR count). The first-order valence-electron chi connectivity index (χ1n) is 5.33. The molecule has 0 aliphatic carbocycles. The number of aromatic carboxylic acids is 1. The van der Waals surface area contributed by atoms with Gasteiger partial charge >= 0.3 is 5.97 Å². The van der Waals surface area contributed by atoms with Crippen LogP contribution in [0.15, 0.2) is 46.9 Å². The number of hydrogen-bond acceptors (Lipinski definition) is 2. The lowest BCUT2D eigenvalue weighted by atomic mass is 9.98. The first kappa shape index (κ1) is 13.8. The van der Waals surface area contributed by atoms with Crippen LogP contribution in [0.25, 0.3) is 0 Å². The zero-order valence-corrected chi connectivity index (χ0v) is 11.9. The van der Waals surface area contributed by atoms with E-state index in [1.807, 2.05) is 0 Å². The first-order valence-corrected chi connectivity index (χ1v) is 6.50. The highest BCUT2D eigenvalue weighted by Crippen LogP contribution is 2.25. The Bertz CT molecular complexity index is 667. The Morgan fingerprint density at radius 2 is 1.68 bits per heavy atom. The number of carbonyl (C=O) groups excluding carboxylic acids is 1. The molecular weight excluding hydrogens is 332 g/mol. The van der Waals surface area contributed by atoms with Crippen LogP contribution in [0.5, 0.6) is 0 Å². The van der Waals surface area contributed by atoms with Gasteiger partial charge in [-0.3, -0.25) is 4.79 Å². The molecule has 5 heteroatoms. The lowest BCUT2D eigenvalue weighted by Gasteiger charge is -2.06. The maximum atomic E-state index is 12.3. The van der Waals surface area contributed by atoms with Crippen molar-refractivity contribution < 1.29 is 14.7 Å². The Morgan fingerprint density at radius 3 is 2.26 bits per heavy atom. The molecule has 0 amide bonds. The summed E-state index contributed by atoms with van der Waals surface area (Å²) in [5, 5.41) is 9.57. The van der Waals surface area contributed by atoms with Crippen molar-refractivity contribution in [3.8, 4) is 0 Å². The van der Waals surface area contributed by atoms with Gasteiger partial charge in [0, 0.05) is 15.6 Å². The number of hydrogen-bond donors (Lipinski definition) is 1. The summed E-state index contributed by atoms with van der Waals surface area (Å²) < 4.78 is 0.591. The zero-order chi connectivity index (χ0) is 14.0. The molecule has 2 aromatic rings. The summed E-state index contributed by atoms with van der Waals surface area (Å²) in [4.78, 5) is 23.4. The molecule has 96 valence electrons. The Morgan fingerprint density at radius 1 is 1.05 bits per heavy atom. The number of carboxylic acid groups (broad SMARTS) is 1. The maximum absolute atomic E-state index is 12.3. The Kier molecular flexibility index (Phi) is 4.02. The van der Waals surface area contributed by atoms with Crippen LogP contribution in [0.1, 0.15) is 26.3 Å². The van der Waals surface area contributed by atoms with Crippen LogP contribution in [0.3, 0.4) is 0 Å². The predicted molar refractivity (Wildman–Crippen MR) is 76.0 cm³/mol. The highest BCUT2D eigenvalue weighted by molar-refractivity contribution is 9.10. The van der Waals surface area contributed by atoms with Gasteiger partial charge in [-0.25, -0.2) is 4.79 Å². The van der Waals surface area contributed by atoms with Crippen LogP contribution in [-0.4, -0.2) is 16.9 Å². The van der Waals surface area contributed by atoms with E-state index < -0.39 is 5.97 Å².